The van der Waals surface area contributed by atoms with Crippen molar-refractivity contribution >= 4 is 19.8 Å². The van der Waals surface area contributed by atoms with Gasteiger partial charge >= 0.3 is 19.8 Å². The summed E-state index contributed by atoms with van der Waals surface area (Å²) in [6.45, 7) is 3.20. The first-order chi connectivity index (χ1) is 30.4. The predicted octanol–water partition coefficient (Wildman–Crippen LogP) is 9.50. The molecule has 1 aliphatic carbocycles. The summed E-state index contributed by atoms with van der Waals surface area (Å²) in [4.78, 5) is 35.7. The number of hydrogen-bond donors (Lipinski definition) is 6. The van der Waals surface area contributed by atoms with Crippen LogP contribution in [0.1, 0.15) is 168 Å². The van der Waals surface area contributed by atoms with E-state index in [0.717, 1.165) is 89.9 Å². The van der Waals surface area contributed by atoms with Crippen molar-refractivity contribution in [3.63, 3.8) is 0 Å². The smallest absolute Gasteiger partial charge is 0.462 e. The number of carbonyl (C=O) groups is 2. The minimum absolute atomic E-state index is 0.0697. The van der Waals surface area contributed by atoms with Gasteiger partial charge in [0.05, 0.1) is 6.61 Å². The Morgan fingerprint density at radius 3 is 1.32 bits per heavy atom. The van der Waals surface area contributed by atoms with Crippen LogP contribution in [0.25, 0.3) is 0 Å². The second-order valence-corrected chi connectivity index (χ2v) is 17.7. The highest BCUT2D eigenvalue weighted by Gasteiger charge is 2.51. The Morgan fingerprint density at radius 1 is 0.492 bits per heavy atom. The fraction of sp³-hybridized carbons (Fsp3) is 0.714. The number of aliphatic hydroxyl groups excluding tert-OH is 5. The van der Waals surface area contributed by atoms with E-state index in [2.05, 4.69) is 86.8 Å². The van der Waals surface area contributed by atoms with Crippen molar-refractivity contribution in [2.45, 2.75) is 211 Å². The van der Waals surface area contributed by atoms with Gasteiger partial charge in [-0.2, -0.15) is 0 Å². The summed E-state index contributed by atoms with van der Waals surface area (Å²) in [6, 6.07) is 0. The Kier molecular flexibility index (Phi) is 35.7. The maximum absolute atomic E-state index is 12.8. The average Bonchev–Trinajstić information content (AvgIpc) is 3.26. The van der Waals surface area contributed by atoms with Crippen LogP contribution in [0, 0.1) is 0 Å². The van der Waals surface area contributed by atoms with Crippen molar-refractivity contribution in [1.29, 1.82) is 0 Å². The van der Waals surface area contributed by atoms with Crippen LogP contribution in [-0.2, 0) is 32.7 Å². The fourth-order valence-corrected chi connectivity index (χ4v) is 7.62. The van der Waals surface area contributed by atoms with E-state index in [4.69, 9.17) is 18.5 Å². The largest absolute Gasteiger partial charge is 0.472 e. The molecule has 0 aromatic rings. The molecule has 1 aliphatic rings. The molecule has 1 fully saturated rings. The lowest BCUT2D eigenvalue weighted by Crippen LogP contribution is -2.64. The van der Waals surface area contributed by atoms with Gasteiger partial charge in [-0.15, -0.1) is 0 Å². The highest BCUT2D eigenvalue weighted by atomic mass is 31.2. The molecular formula is C49H83O13P. The summed E-state index contributed by atoms with van der Waals surface area (Å²) in [5.74, 6) is -1.16. The van der Waals surface area contributed by atoms with Crippen LogP contribution < -0.4 is 0 Å². The summed E-state index contributed by atoms with van der Waals surface area (Å²) < 4.78 is 33.5. The number of unbranched alkanes of at least 4 members (excludes halogenated alkanes) is 14. The van der Waals surface area contributed by atoms with Gasteiger partial charge < -0.3 is 39.9 Å². The minimum Gasteiger partial charge on any atom is -0.462 e. The van der Waals surface area contributed by atoms with E-state index in [-0.39, 0.29) is 12.8 Å². The first-order valence-electron chi connectivity index (χ1n) is 23.7. The monoisotopic (exact) mass is 911 g/mol. The number of rotatable bonds is 38. The van der Waals surface area contributed by atoms with Crippen molar-refractivity contribution in [1.82, 2.24) is 0 Å². The van der Waals surface area contributed by atoms with Crippen molar-refractivity contribution in [2.75, 3.05) is 13.2 Å². The molecule has 0 heterocycles. The van der Waals surface area contributed by atoms with Gasteiger partial charge in [-0.25, -0.2) is 4.57 Å². The molecule has 0 amide bonds. The maximum Gasteiger partial charge on any atom is 0.472 e. The van der Waals surface area contributed by atoms with E-state index in [9.17, 15) is 44.6 Å². The number of carbonyl (C=O) groups excluding carboxylic acids is 2. The van der Waals surface area contributed by atoms with E-state index in [1.807, 2.05) is 0 Å². The molecule has 0 aromatic carbocycles. The molecule has 362 valence electrons. The predicted molar refractivity (Wildman–Crippen MR) is 249 cm³/mol. The number of allylic oxidation sites excluding steroid dienone is 12. The highest BCUT2D eigenvalue weighted by Crippen LogP contribution is 2.47. The molecule has 0 saturated heterocycles. The van der Waals surface area contributed by atoms with Crippen molar-refractivity contribution in [3.05, 3.63) is 72.9 Å². The molecule has 0 aromatic heterocycles. The second-order valence-electron chi connectivity index (χ2n) is 16.3. The molecule has 13 nitrogen and oxygen atoms in total. The van der Waals surface area contributed by atoms with E-state index in [1.54, 1.807) is 0 Å². The van der Waals surface area contributed by atoms with E-state index in [1.165, 1.54) is 38.5 Å². The molecule has 1 rings (SSSR count). The molecule has 0 radical (unpaired) electrons. The Labute approximate surface area is 378 Å². The summed E-state index contributed by atoms with van der Waals surface area (Å²) in [6.07, 6.45) is 35.2. The topological polar surface area (TPSA) is 210 Å². The third-order valence-electron chi connectivity index (χ3n) is 10.5. The van der Waals surface area contributed by atoms with Crippen LogP contribution in [-0.4, -0.2) is 98.3 Å². The molecule has 63 heavy (non-hydrogen) atoms. The highest BCUT2D eigenvalue weighted by molar-refractivity contribution is 7.47. The van der Waals surface area contributed by atoms with Gasteiger partial charge in [-0.3, -0.25) is 18.6 Å². The number of ether oxygens (including phenoxy) is 2. The summed E-state index contributed by atoms with van der Waals surface area (Å²) in [5.41, 5.74) is 0. The Morgan fingerprint density at radius 2 is 0.857 bits per heavy atom. The van der Waals surface area contributed by atoms with Gasteiger partial charge in [-0.1, -0.05) is 138 Å². The fourth-order valence-electron chi connectivity index (χ4n) is 6.65. The summed E-state index contributed by atoms with van der Waals surface area (Å²) in [7, 11) is -5.13. The van der Waals surface area contributed by atoms with Crippen LogP contribution in [0.3, 0.4) is 0 Å². The number of phosphoric ester groups is 1. The van der Waals surface area contributed by atoms with Crippen molar-refractivity contribution in [3.8, 4) is 0 Å². The van der Waals surface area contributed by atoms with Crippen LogP contribution in [0.5, 0.6) is 0 Å². The summed E-state index contributed by atoms with van der Waals surface area (Å²) in [5, 5.41) is 50.2. The van der Waals surface area contributed by atoms with Gasteiger partial charge in [0, 0.05) is 12.8 Å². The SMILES string of the molecule is CCCCC/C=C/C/C=C/C/C=C/C/C=C/CCCCCC(=O)OC[C@@H](COP(=O)(O)OC1C(O)C(O)C(O)[C@H](O)C1O)OC(=O)CCCCCCC/C=C/C/C=C/CCCCC. The van der Waals surface area contributed by atoms with E-state index >= 15 is 0 Å². The molecule has 14 heteroatoms. The molecule has 0 aliphatic heterocycles. The summed E-state index contributed by atoms with van der Waals surface area (Å²) >= 11 is 0. The molecule has 6 N–H and O–H groups in total. The van der Waals surface area contributed by atoms with Gasteiger partial charge in [0.2, 0.25) is 0 Å². The zero-order chi connectivity index (χ0) is 46.4. The Balaban J connectivity index is 2.49. The Hall–Kier alpha value is -2.71. The third-order valence-corrected chi connectivity index (χ3v) is 11.5. The standard InChI is InChI=1S/C49H83O13P/c1-3-5-7-9-11-13-15-17-19-20-21-22-24-25-27-29-31-33-35-37-42(50)59-39-41(40-60-63(57,58)62-49-47(55)45(53)44(52)46(54)48(49)56)61-43(51)38-36-34-32-30-28-26-23-18-16-14-12-10-8-6-4-2/h11-14,17-19,21-23,25,27,41,44-49,52-56H,3-10,15-16,20,24,26,28-40H2,1-2H3,(H,57,58)/b13-11+,14-12+,19-17+,22-21+,23-18+,27-25+/t41-,44?,45-,46?,47?,48?,49?/m0/s1. The number of phosphoric acid groups is 1. The number of esters is 2. The van der Waals surface area contributed by atoms with Crippen LogP contribution >= 0.6 is 7.82 Å². The number of aliphatic hydroxyl groups is 5. The minimum atomic E-state index is -5.13. The molecule has 0 spiro atoms. The first-order valence-corrected chi connectivity index (χ1v) is 25.2. The van der Waals surface area contributed by atoms with Crippen LogP contribution in [0.4, 0.5) is 0 Å². The molecular weight excluding hydrogens is 827 g/mol. The molecule has 8 atom stereocenters. The number of hydrogen-bond acceptors (Lipinski definition) is 12. The first kappa shape index (κ1) is 58.3. The van der Waals surface area contributed by atoms with Crippen molar-refractivity contribution in [2.24, 2.45) is 0 Å². The van der Waals surface area contributed by atoms with E-state index in [0.29, 0.717) is 12.8 Å². The van der Waals surface area contributed by atoms with Gasteiger partial charge in [0.15, 0.2) is 6.10 Å². The quantitative estimate of drug-likeness (QED) is 0.0148. The van der Waals surface area contributed by atoms with Gasteiger partial charge in [0.1, 0.15) is 43.2 Å². The normalized spacial score (nSPS) is 22.3. The maximum atomic E-state index is 12.8. The lowest BCUT2D eigenvalue weighted by Gasteiger charge is -2.41. The molecule has 1 saturated carbocycles. The lowest BCUT2D eigenvalue weighted by atomic mass is 9.85. The molecule has 0 bridgehead atoms. The average molecular weight is 911 g/mol. The van der Waals surface area contributed by atoms with Gasteiger partial charge in [-0.05, 0) is 89.9 Å². The van der Waals surface area contributed by atoms with Crippen LogP contribution in [0.15, 0.2) is 72.9 Å². The zero-order valence-corrected chi connectivity index (χ0v) is 39.2. The lowest BCUT2D eigenvalue weighted by molar-refractivity contribution is -0.220. The van der Waals surface area contributed by atoms with Crippen molar-refractivity contribution < 1.29 is 63.1 Å². The zero-order valence-electron chi connectivity index (χ0n) is 38.3. The van der Waals surface area contributed by atoms with Gasteiger partial charge in [0.25, 0.3) is 0 Å². The second kappa shape index (κ2) is 38.5. The third kappa shape index (κ3) is 31.0. The Bertz CT molecular complexity index is 1380. The van der Waals surface area contributed by atoms with E-state index < -0.39 is 75.7 Å². The molecule has 6 unspecified atom stereocenters. The van der Waals surface area contributed by atoms with Crippen LogP contribution in [0.2, 0.25) is 0 Å².